The molecule has 2 aromatic carbocycles. The van der Waals surface area contributed by atoms with Gasteiger partial charge < -0.3 is 14.4 Å². The van der Waals surface area contributed by atoms with E-state index in [1.807, 2.05) is 12.1 Å². The third-order valence-electron chi connectivity index (χ3n) is 5.90. The summed E-state index contributed by atoms with van der Waals surface area (Å²) in [5.74, 6) is -0.328. The van der Waals surface area contributed by atoms with E-state index in [0.29, 0.717) is 4.91 Å². The number of carbonyl (C=O) groups excluding carboxylic acids is 2. The zero-order chi connectivity index (χ0) is 21.4. The van der Waals surface area contributed by atoms with Crippen LogP contribution in [0, 0.1) is 0 Å². The number of fused-ring (bicyclic) bond motifs is 1. The molecule has 31 heavy (non-hydrogen) atoms. The number of carbonyl (C=O) groups is 2. The fourth-order valence-electron chi connectivity index (χ4n) is 4.07. The van der Waals surface area contributed by atoms with Gasteiger partial charge in [-0.2, -0.15) is 0 Å². The van der Waals surface area contributed by atoms with E-state index in [0.717, 1.165) is 61.0 Å². The van der Waals surface area contributed by atoms with Gasteiger partial charge in [-0.3, -0.25) is 14.9 Å². The number of piperazine rings is 1. The maximum atomic E-state index is 11.8. The lowest BCUT2D eigenvalue weighted by molar-refractivity contribution is -0.115. The van der Waals surface area contributed by atoms with Crippen molar-refractivity contribution in [3.05, 3.63) is 70.8 Å². The largest absolute Gasteiger partial charge is 0.369 e. The van der Waals surface area contributed by atoms with E-state index in [4.69, 9.17) is 0 Å². The summed E-state index contributed by atoms with van der Waals surface area (Å²) in [7, 11) is 2.17. The molecule has 0 spiro atoms. The number of imide groups is 1. The van der Waals surface area contributed by atoms with Crippen molar-refractivity contribution in [3.8, 4) is 0 Å². The first-order valence-electron chi connectivity index (χ1n) is 10.4. The highest BCUT2D eigenvalue weighted by molar-refractivity contribution is 8.18. The number of nitrogens with one attached hydrogen (secondary N) is 1. The Morgan fingerprint density at radius 3 is 2.48 bits per heavy atom. The van der Waals surface area contributed by atoms with Gasteiger partial charge in [-0.1, -0.05) is 24.3 Å². The van der Waals surface area contributed by atoms with Crippen molar-refractivity contribution in [2.24, 2.45) is 0 Å². The molecule has 3 heterocycles. The second-order valence-electron chi connectivity index (χ2n) is 8.07. The average molecular weight is 433 g/mol. The number of hydrogen-bond acceptors (Lipinski definition) is 5. The molecule has 0 radical (unpaired) electrons. The maximum absolute atomic E-state index is 11.8. The van der Waals surface area contributed by atoms with Crippen molar-refractivity contribution in [1.82, 2.24) is 14.8 Å². The fraction of sp³-hybridized carbons (Fsp3) is 0.250. The third-order valence-corrected chi connectivity index (χ3v) is 6.71. The Bertz CT molecular complexity index is 1170. The van der Waals surface area contributed by atoms with Crippen LogP contribution in [0.2, 0.25) is 0 Å². The van der Waals surface area contributed by atoms with E-state index in [9.17, 15) is 9.59 Å². The van der Waals surface area contributed by atoms with Crippen molar-refractivity contribution in [2.45, 2.75) is 6.54 Å². The van der Waals surface area contributed by atoms with Crippen LogP contribution in [-0.4, -0.2) is 53.8 Å². The molecule has 5 rings (SSSR count). The normalized spacial score (nSPS) is 18.9. The number of likely N-dealkylation sites (N-methyl/N-ethyl adjacent to an activating group) is 1. The lowest BCUT2D eigenvalue weighted by atomic mass is 10.1. The average Bonchev–Trinajstić information content (AvgIpc) is 3.31. The number of thioether (sulfide) groups is 1. The van der Waals surface area contributed by atoms with Crippen LogP contribution in [0.1, 0.15) is 11.1 Å². The van der Waals surface area contributed by atoms with Crippen LogP contribution in [-0.2, 0) is 11.3 Å². The highest BCUT2D eigenvalue weighted by Crippen LogP contribution is 2.27. The van der Waals surface area contributed by atoms with E-state index in [2.05, 4.69) is 69.3 Å². The summed E-state index contributed by atoms with van der Waals surface area (Å²) >= 11 is 0.944. The van der Waals surface area contributed by atoms with Gasteiger partial charge in [-0.15, -0.1) is 0 Å². The van der Waals surface area contributed by atoms with Gasteiger partial charge in [0.05, 0.1) is 4.91 Å². The van der Waals surface area contributed by atoms with Gasteiger partial charge >= 0.3 is 0 Å². The number of rotatable bonds is 4. The predicted molar refractivity (Wildman–Crippen MR) is 126 cm³/mol. The topological polar surface area (TPSA) is 57.6 Å². The maximum Gasteiger partial charge on any atom is 0.290 e. The van der Waals surface area contributed by atoms with Crippen LogP contribution in [0.4, 0.5) is 10.5 Å². The van der Waals surface area contributed by atoms with Crippen molar-refractivity contribution in [3.63, 3.8) is 0 Å². The van der Waals surface area contributed by atoms with Crippen LogP contribution >= 0.6 is 11.8 Å². The zero-order valence-electron chi connectivity index (χ0n) is 17.4. The van der Waals surface area contributed by atoms with Gasteiger partial charge in [-0.25, -0.2) is 0 Å². The Balaban J connectivity index is 1.35. The lowest BCUT2D eigenvalue weighted by Gasteiger charge is -2.34. The highest BCUT2D eigenvalue weighted by atomic mass is 32.2. The number of aromatic nitrogens is 1. The monoisotopic (exact) mass is 432 g/mol. The van der Waals surface area contributed by atoms with Gasteiger partial charge in [0.25, 0.3) is 11.1 Å². The Morgan fingerprint density at radius 1 is 1.00 bits per heavy atom. The number of anilines is 1. The molecule has 2 aliphatic heterocycles. The van der Waals surface area contributed by atoms with Crippen LogP contribution in [0.5, 0.6) is 0 Å². The first-order chi connectivity index (χ1) is 15.0. The molecule has 1 aromatic heterocycles. The molecule has 7 heteroatoms. The molecule has 158 valence electrons. The third kappa shape index (κ3) is 4.24. The Kier molecular flexibility index (Phi) is 5.29. The summed E-state index contributed by atoms with van der Waals surface area (Å²) in [6.07, 6.45) is 3.86. The van der Waals surface area contributed by atoms with Crippen molar-refractivity contribution in [1.29, 1.82) is 0 Å². The molecular formula is C24H24N4O2S. The summed E-state index contributed by atoms with van der Waals surface area (Å²) < 4.78 is 2.22. The van der Waals surface area contributed by atoms with Crippen LogP contribution in [0.3, 0.4) is 0 Å². The van der Waals surface area contributed by atoms with Crippen molar-refractivity contribution >= 4 is 45.6 Å². The molecule has 2 aliphatic rings. The fourth-order valence-corrected chi connectivity index (χ4v) is 4.76. The molecule has 2 saturated heterocycles. The minimum absolute atomic E-state index is 0.319. The highest BCUT2D eigenvalue weighted by Gasteiger charge is 2.25. The Hall–Kier alpha value is -3.03. The molecule has 0 aliphatic carbocycles. The van der Waals surface area contributed by atoms with E-state index in [-0.39, 0.29) is 11.1 Å². The summed E-state index contributed by atoms with van der Waals surface area (Å²) in [5, 5.41) is 3.13. The molecule has 0 bridgehead atoms. The van der Waals surface area contributed by atoms with Crippen molar-refractivity contribution in [2.75, 3.05) is 38.1 Å². The van der Waals surface area contributed by atoms with Gasteiger partial charge in [-0.05, 0) is 65.7 Å². The Morgan fingerprint density at radius 2 is 1.77 bits per heavy atom. The smallest absolute Gasteiger partial charge is 0.290 e. The number of amides is 2. The van der Waals surface area contributed by atoms with E-state index in [1.165, 1.54) is 11.3 Å². The standard InChI is InChI=1S/C24H24N4O2S/c1-26-10-12-27(13-11-26)20-6-3-17(4-7-20)16-28-9-8-19-5-2-18(14-21(19)28)15-22-23(29)25-24(30)31-22/h2-9,14-15H,10-13,16H2,1H3,(H,25,29,30). The second-order valence-corrected chi connectivity index (χ2v) is 9.09. The predicted octanol–water partition coefficient (Wildman–Crippen LogP) is 3.77. The van der Waals surface area contributed by atoms with Crippen LogP contribution in [0.25, 0.3) is 17.0 Å². The molecular weight excluding hydrogens is 408 g/mol. The van der Waals surface area contributed by atoms with E-state index in [1.54, 1.807) is 6.08 Å². The number of nitrogens with zero attached hydrogens (tertiary/aromatic N) is 3. The van der Waals surface area contributed by atoms with E-state index >= 15 is 0 Å². The minimum Gasteiger partial charge on any atom is -0.369 e. The van der Waals surface area contributed by atoms with E-state index < -0.39 is 0 Å². The molecule has 0 unspecified atom stereocenters. The first-order valence-corrected chi connectivity index (χ1v) is 11.2. The lowest BCUT2D eigenvalue weighted by Crippen LogP contribution is -2.44. The SMILES string of the molecule is CN1CCN(c2ccc(Cn3ccc4ccc(C=C5SC(=O)NC5=O)cc43)cc2)CC1. The zero-order valence-corrected chi connectivity index (χ0v) is 18.2. The molecule has 3 aromatic rings. The minimum atomic E-state index is -0.328. The molecule has 2 amide bonds. The summed E-state index contributed by atoms with van der Waals surface area (Å²) in [6.45, 7) is 5.12. The summed E-state index contributed by atoms with van der Waals surface area (Å²) in [5.41, 5.74) is 4.54. The number of hydrogen-bond donors (Lipinski definition) is 1. The second kappa shape index (κ2) is 8.24. The Labute approximate surface area is 185 Å². The summed E-state index contributed by atoms with van der Waals surface area (Å²) in [4.78, 5) is 28.5. The van der Waals surface area contributed by atoms with Crippen molar-refractivity contribution < 1.29 is 9.59 Å². The molecule has 0 atom stereocenters. The molecule has 1 N–H and O–H groups in total. The van der Waals surface area contributed by atoms with Crippen LogP contribution in [0.15, 0.2) is 59.6 Å². The summed E-state index contributed by atoms with van der Waals surface area (Å²) in [6, 6.07) is 17.0. The molecule has 2 fully saturated rings. The quantitative estimate of drug-likeness (QED) is 0.636. The number of benzene rings is 2. The molecule has 6 nitrogen and oxygen atoms in total. The van der Waals surface area contributed by atoms with Gasteiger partial charge in [0.2, 0.25) is 0 Å². The first kappa shape index (κ1) is 19.9. The molecule has 0 saturated carbocycles. The van der Waals surface area contributed by atoms with Gasteiger partial charge in [0, 0.05) is 50.1 Å². The van der Waals surface area contributed by atoms with Crippen LogP contribution < -0.4 is 10.2 Å². The van der Waals surface area contributed by atoms with Gasteiger partial charge in [0.15, 0.2) is 0 Å². The van der Waals surface area contributed by atoms with Gasteiger partial charge in [0.1, 0.15) is 0 Å².